The van der Waals surface area contributed by atoms with E-state index in [2.05, 4.69) is 20.5 Å². The molecular formula is C27H20F3N5O2S. The predicted molar refractivity (Wildman–Crippen MR) is 138 cm³/mol. The van der Waals surface area contributed by atoms with E-state index < -0.39 is 21.8 Å². The van der Waals surface area contributed by atoms with Crippen molar-refractivity contribution in [2.45, 2.75) is 17.6 Å². The van der Waals surface area contributed by atoms with Crippen molar-refractivity contribution in [2.24, 2.45) is 5.14 Å². The highest BCUT2D eigenvalue weighted by molar-refractivity contribution is 7.89. The van der Waals surface area contributed by atoms with Gasteiger partial charge in [0, 0.05) is 35.3 Å². The molecule has 0 amide bonds. The first-order valence-electron chi connectivity index (χ1n) is 11.3. The summed E-state index contributed by atoms with van der Waals surface area (Å²) in [5, 5.41) is 18.4. The Morgan fingerprint density at radius 2 is 1.61 bits per heavy atom. The van der Waals surface area contributed by atoms with Gasteiger partial charge in [0.1, 0.15) is 10.6 Å². The Bertz CT molecular complexity index is 1740. The van der Waals surface area contributed by atoms with Gasteiger partial charge in [-0.2, -0.15) is 13.2 Å². The molecule has 5 rings (SSSR count). The maximum atomic E-state index is 13.2. The predicted octanol–water partition coefficient (Wildman–Crippen LogP) is 5.64. The molecule has 192 valence electrons. The van der Waals surface area contributed by atoms with Gasteiger partial charge < -0.3 is 5.32 Å². The molecule has 0 saturated heterocycles. The molecule has 2 heterocycles. The van der Waals surface area contributed by atoms with Gasteiger partial charge in [0.05, 0.1) is 5.56 Å². The number of nitrogens with zero attached hydrogens (tertiary/aromatic N) is 3. The summed E-state index contributed by atoms with van der Waals surface area (Å²) in [4.78, 5) is 3.84. The second-order valence-corrected chi connectivity index (χ2v) is 10.1. The van der Waals surface area contributed by atoms with Gasteiger partial charge in [0.15, 0.2) is 5.82 Å². The molecule has 0 fully saturated rings. The number of benzene rings is 3. The molecular weight excluding hydrogens is 515 g/mol. The van der Waals surface area contributed by atoms with Crippen molar-refractivity contribution in [3.05, 3.63) is 102 Å². The monoisotopic (exact) mass is 535 g/mol. The average molecular weight is 536 g/mol. The molecule has 3 aromatic carbocycles. The molecule has 2 aromatic heterocycles. The standard InChI is InChI=1S/C27H20F3N5O2S/c28-27(29,30)20-9-4-6-17(12-20)14-33-26-24-22(18-7-2-1-3-8-18)10-5-11-23(24)25(34-35-26)19-13-21(16-32-15-19)38(31,36)37/h1-13,15-16H,14H2,(H,33,35)(H2,31,36,37). The summed E-state index contributed by atoms with van der Waals surface area (Å²) in [5.41, 5.74) is 2.14. The van der Waals surface area contributed by atoms with Gasteiger partial charge in [-0.1, -0.05) is 60.7 Å². The first-order chi connectivity index (χ1) is 18.1. The Morgan fingerprint density at radius 1 is 0.842 bits per heavy atom. The van der Waals surface area contributed by atoms with Crippen LogP contribution in [0.2, 0.25) is 0 Å². The molecule has 3 N–H and O–H groups in total. The molecule has 0 atom stereocenters. The van der Waals surface area contributed by atoms with Crippen LogP contribution in [0.3, 0.4) is 0 Å². The first kappa shape index (κ1) is 25.3. The summed E-state index contributed by atoms with van der Waals surface area (Å²) in [6.45, 7) is 0.0681. The van der Waals surface area contributed by atoms with Crippen molar-refractivity contribution in [1.82, 2.24) is 15.2 Å². The van der Waals surface area contributed by atoms with Crippen molar-refractivity contribution in [2.75, 3.05) is 5.32 Å². The van der Waals surface area contributed by atoms with Gasteiger partial charge in [-0.15, -0.1) is 10.2 Å². The lowest BCUT2D eigenvalue weighted by molar-refractivity contribution is -0.137. The van der Waals surface area contributed by atoms with E-state index in [9.17, 15) is 21.6 Å². The molecule has 0 aliphatic heterocycles. The Kier molecular flexibility index (Phi) is 6.55. The number of nitrogens with one attached hydrogen (secondary N) is 1. The number of rotatable bonds is 6. The zero-order chi connectivity index (χ0) is 26.9. The number of aromatic nitrogens is 3. The smallest absolute Gasteiger partial charge is 0.364 e. The lowest BCUT2D eigenvalue weighted by Gasteiger charge is -2.15. The number of sulfonamides is 1. The highest BCUT2D eigenvalue weighted by Crippen LogP contribution is 2.37. The fourth-order valence-electron chi connectivity index (χ4n) is 4.15. The van der Waals surface area contributed by atoms with Crippen molar-refractivity contribution in [3.8, 4) is 22.4 Å². The molecule has 38 heavy (non-hydrogen) atoms. The summed E-state index contributed by atoms with van der Waals surface area (Å²) in [6, 6.07) is 21.5. The molecule has 0 spiro atoms. The molecule has 7 nitrogen and oxygen atoms in total. The molecule has 0 bridgehead atoms. The maximum absolute atomic E-state index is 13.2. The largest absolute Gasteiger partial charge is 0.416 e. The van der Waals surface area contributed by atoms with Crippen LogP contribution < -0.4 is 10.5 Å². The second-order valence-electron chi connectivity index (χ2n) is 8.50. The number of hydrogen-bond acceptors (Lipinski definition) is 6. The van der Waals surface area contributed by atoms with Crippen LogP contribution in [0.5, 0.6) is 0 Å². The van der Waals surface area contributed by atoms with Crippen LogP contribution >= 0.6 is 0 Å². The topological polar surface area (TPSA) is 111 Å². The van der Waals surface area contributed by atoms with Crippen molar-refractivity contribution in [3.63, 3.8) is 0 Å². The minimum Gasteiger partial charge on any atom is -0.364 e. The molecule has 0 aliphatic carbocycles. The van der Waals surface area contributed by atoms with E-state index in [-0.39, 0.29) is 11.4 Å². The van der Waals surface area contributed by atoms with Gasteiger partial charge in [-0.3, -0.25) is 4.98 Å². The normalized spacial score (nSPS) is 12.0. The third-order valence-electron chi connectivity index (χ3n) is 5.92. The van der Waals surface area contributed by atoms with E-state index >= 15 is 0 Å². The van der Waals surface area contributed by atoms with Crippen molar-refractivity contribution >= 4 is 26.6 Å². The second kappa shape index (κ2) is 9.84. The minimum atomic E-state index is -4.45. The van der Waals surface area contributed by atoms with Gasteiger partial charge >= 0.3 is 6.18 Å². The van der Waals surface area contributed by atoms with E-state index in [0.717, 1.165) is 29.5 Å². The van der Waals surface area contributed by atoms with Crippen LogP contribution in [0.1, 0.15) is 11.1 Å². The summed E-state index contributed by atoms with van der Waals surface area (Å²) in [6.07, 6.45) is -1.85. The number of pyridine rings is 1. The van der Waals surface area contributed by atoms with Crippen LogP contribution in [0.25, 0.3) is 33.2 Å². The zero-order valence-electron chi connectivity index (χ0n) is 19.6. The van der Waals surface area contributed by atoms with E-state index in [1.165, 1.54) is 18.3 Å². The number of halogens is 3. The van der Waals surface area contributed by atoms with E-state index in [4.69, 9.17) is 5.14 Å². The quantitative estimate of drug-likeness (QED) is 0.291. The van der Waals surface area contributed by atoms with Gasteiger partial charge in [-0.25, -0.2) is 13.6 Å². The zero-order valence-corrected chi connectivity index (χ0v) is 20.5. The summed E-state index contributed by atoms with van der Waals surface area (Å²) in [5.74, 6) is 0.358. The lowest BCUT2D eigenvalue weighted by Crippen LogP contribution is -2.12. The fraction of sp³-hybridized carbons (Fsp3) is 0.0741. The Labute approximate surface area is 216 Å². The van der Waals surface area contributed by atoms with E-state index in [0.29, 0.717) is 33.4 Å². The third-order valence-corrected chi connectivity index (χ3v) is 6.80. The lowest BCUT2D eigenvalue weighted by atomic mass is 9.96. The molecule has 5 aromatic rings. The molecule has 11 heteroatoms. The van der Waals surface area contributed by atoms with Gasteiger partial charge in [-0.05, 0) is 34.9 Å². The van der Waals surface area contributed by atoms with Crippen molar-refractivity contribution in [1.29, 1.82) is 0 Å². The number of primary sulfonamides is 1. The first-order valence-corrected chi connectivity index (χ1v) is 12.9. The van der Waals surface area contributed by atoms with Gasteiger partial charge in [0.2, 0.25) is 10.0 Å². The molecule has 0 saturated carbocycles. The van der Waals surface area contributed by atoms with E-state index in [1.807, 2.05) is 48.5 Å². The van der Waals surface area contributed by atoms with Gasteiger partial charge in [0.25, 0.3) is 0 Å². The highest BCUT2D eigenvalue weighted by Gasteiger charge is 2.30. The van der Waals surface area contributed by atoms with Crippen LogP contribution in [0.15, 0.2) is 96.2 Å². The van der Waals surface area contributed by atoms with Crippen LogP contribution in [0, 0.1) is 0 Å². The maximum Gasteiger partial charge on any atom is 0.416 e. The number of hydrogen-bond donors (Lipinski definition) is 2. The van der Waals surface area contributed by atoms with Crippen LogP contribution in [-0.4, -0.2) is 23.6 Å². The third kappa shape index (κ3) is 5.20. The SMILES string of the molecule is NS(=O)(=O)c1cncc(-c2nnc(NCc3cccc(C(F)(F)F)c3)c3c(-c4ccccc4)cccc23)c1. The average Bonchev–Trinajstić information content (AvgIpc) is 2.91. The van der Waals surface area contributed by atoms with E-state index in [1.54, 1.807) is 6.07 Å². The van der Waals surface area contributed by atoms with Crippen LogP contribution in [-0.2, 0) is 22.7 Å². The Morgan fingerprint density at radius 3 is 2.34 bits per heavy atom. The number of nitrogens with two attached hydrogens (primary N) is 1. The highest BCUT2D eigenvalue weighted by atomic mass is 32.2. The molecule has 0 radical (unpaired) electrons. The summed E-state index contributed by atoms with van der Waals surface area (Å²) >= 11 is 0. The number of alkyl halides is 3. The minimum absolute atomic E-state index is 0.0681. The number of fused-ring (bicyclic) bond motifs is 1. The molecule has 0 aliphatic rings. The van der Waals surface area contributed by atoms with Crippen LogP contribution in [0.4, 0.5) is 19.0 Å². The summed E-state index contributed by atoms with van der Waals surface area (Å²) < 4.78 is 63.4. The summed E-state index contributed by atoms with van der Waals surface area (Å²) in [7, 11) is -4.00. The fourth-order valence-corrected chi connectivity index (χ4v) is 4.65. The Hall–Kier alpha value is -4.35. The Balaban J connectivity index is 1.65. The van der Waals surface area contributed by atoms with Crippen molar-refractivity contribution < 1.29 is 21.6 Å². The molecule has 0 unspecified atom stereocenters. The number of anilines is 1.